The van der Waals surface area contributed by atoms with Crippen LogP contribution in [0.15, 0.2) is 0 Å². The molecule has 1 heterocycles. The van der Waals surface area contributed by atoms with E-state index in [1.54, 1.807) is 0 Å². The number of hydrogen-bond donors (Lipinski definition) is 0. The van der Waals surface area contributed by atoms with Crippen LogP contribution in [0, 0.1) is 0 Å². The van der Waals surface area contributed by atoms with Gasteiger partial charge >= 0.3 is 0 Å². The van der Waals surface area contributed by atoms with Crippen LogP contribution in [0.5, 0.6) is 0 Å². The Labute approximate surface area is 381 Å². The first-order chi connectivity index (χ1) is 29.8. The van der Waals surface area contributed by atoms with E-state index in [2.05, 4.69) is 35.5 Å². The normalized spacial score (nSPS) is 14.2. The van der Waals surface area contributed by atoms with Crippen molar-refractivity contribution in [2.45, 2.75) is 329 Å². The highest BCUT2D eigenvalue weighted by atomic mass is 15.5. The second-order valence-corrected chi connectivity index (χ2v) is 20.5. The summed E-state index contributed by atoms with van der Waals surface area (Å²) in [4.78, 5) is 8.44. The first-order valence-corrected chi connectivity index (χ1v) is 29.0. The summed E-state index contributed by atoms with van der Waals surface area (Å²) < 4.78 is 0. The molecule has 1 aliphatic rings. The predicted molar refractivity (Wildman–Crippen MR) is 273 cm³/mol. The highest BCUT2D eigenvalue weighted by molar-refractivity contribution is 4.71. The minimum Gasteiger partial charge on any atom is -0.277 e. The number of hydrogen-bond acceptors (Lipinski definition) is 3. The average Bonchev–Trinajstić information content (AvgIpc) is 3.26. The van der Waals surface area contributed by atoms with Crippen molar-refractivity contribution >= 4 is 0 Å². The molecular formula is C57H117N3. The van der Waals surface area contributed by atoms with Gasteiger partial charge in [-0.05, 0) is 19.3 Å². The number of rotatable bonds is 51. The summed E-state index contributed by atoms with van der Waals surface area (Å²) in [5, 5.41) is 0. The Morgan fingerprint density at radius 3 is 0.417 bits per heavy atom. The van der Waals surface area contributed by atoms with E-state index in [0.29, 0.717) is 0 Å². The van der Waals surface area contributed by atoms with E-state index in [4.69, 9.17) is 0 Å². The van der Waals surface area contributed by atoms with Crippen LogP contribution in [-0.4, -0.2) is 54.3 Å². The smallest absolute Gasteiger partial charge is 0.0529 e. The molecule has 1 aliphatic heterocycles. The van der Waals surface area contributed by atoms with Gasteiger partial charge in [-0.15, -0.1) is 0 Å². The fourth-order valence-electron chi connectivity index (χ4n) is 10.1. The summed E-state index contributed by atoms with van der Waals surface area (Å²) in [5.41, 5.74) is 0. The van der Waals surface area contributed by atoms with Crippen LogP contribution in [0.25, 0.3) is 0 Å². The molecule has 3 heteroatoms. The van der Waals surface area contributed by atoms with Crippen LogP contribution < -0.4 is 0 Å². The average molecular weight is 845 g/mol. The maximum absolute atomic E-state index is 2.81. The molecule has 0 N–H and O–H groups in total. The van der Waals surface area contributed by atoms with Gasteiger partial charge in [0.2, 0.25) is 0 Å². The minimum absolute atomic E-state index is 1.22. The van der Waals surface area contributed by atoms with Crippen LogP contribution in [0.1, 0.15) is 329 Å². The van der Waals surface area contributed by atoms with Crippen molar-refractivity contribution in [3.63, 3.8) is 0 Å². The van der Waals surface area contributed by atoms with Crippen molar-refractivity contribution in [3.8, 4) is 0 Å². The van der Waals surface area contributed by atoms with E-state index in [1.165, 1.54) is 348 Å². The lowest BCUT2D eigenvalue weighted by Gasteiger charge is -2.42. The molecule has 0 aromatic heterocycles. The SMILES string of the molecule is CCCCCCCCCCCCCCCCCCN1CN(CCCCCCCCCCCCCCCCCC)CN(CCCCCCCCCCCCCCCCCC)C1. The van der Waals surface area contributed by atoms with Crippen molar-refractivity contribution in [2.24, 2.45) is 0 Å². The molecule has 0 unspecified atom stereocenters. The van der Waals surface area contributed by atoms with Crippen molar-refractivity contribution in [3.05, 3.63) is 0 Å². The standard InChI is InChI=1S/C57H117N3/c1-4-7-10-13-16-19-22-25-28-31-34-37-40-43-46-49-52-58-55-59(53-50-47-44-41-38-35-32-29-26-23-20-17-14-11-8-5-2)57-60(56-58)54-51-48-45-42-39-36-33-30-27-24-21-18-15-12-9-6-3/h4-57H2,1-3H3. The second-order valence-electron chi connectivity index (χ2n) is 20.5. The maximum atomic E-state index is 2.81. The van der Waals surface area contributed by atoms with Gasteiger partial charge in [-0.1, -0.05) is 310 Å². The fraction of sp³-hybridized carbons (Fsp3) is 1.00. The molecule has 0 aliphatic carbocycles. The van der Waals surface area contributed by atoms with E-state index < -0.39 is 0 Å². The summed E-state index contributed by atoms with van der Waals surface area (Å²) in [6.45, 7) is 14.5. The third kappa shape index (κ3) is 43.1. The van der Waals surface area contributed by atoms with E-state index in [1.807, 2.05) is 0 Å². The first-order valence-electron chi connectivity index (χ1n) is 29.0. The quantitative estimate of drug-likeness (QED) is 0.0565. The first kappa shape index (κ1) is 57.9. The highest BCUT2D eigenvalue weighted by Gasteiger charge is 2.22. The van der Waals surface area contributed by atoms with E-state index in [9.17, 15) is 0 Å². The van der Waals surface area contributed by atoms with Gasteiger partial charge in [-0.2, -0.15) is 0 Å². The van der Waals surface area contributed by atoms with Gasteiger partial charge < -0.3 is 0 Å². The molecule has 60 heavy (non-hydrogen) atoms. The Morgan fingerprint density at radius 2 is 0.283 bits per heavy atom. The molecule has 360 valence electrons. The van der Waals surface area contributed by atoms with Gasteiger partial charge in [-0.25, -0.2) is 0 Å². The number of nitrogens with zero attached hydrogens (tertiary/aromatic N) is 3. The molecule has 0 saturated carbocycles. The Bertz CT molecular complexity index is 664. The van der Waals surface area contributed by atoms with E-state index >= 15 is 0 Å². The van der Waals surface area contributed by atoms with Crippen molar-refractivity contribution in [2.75, 3.05) is 39.6 Å². The van der Waals surface area contributed by atoms with Gasteiger partial charge in [0.25, 0.3) is 0 Å². The second kappa shape index (κ2) is 49.9. The minimum atomic E-state index is 1.22. The monoisotopic (exact) mass is 844 g/mol. The third-order valence-corrected chi connectivity index (χ3v) is 14.2. The maximum Gasteiger partial charge on any atom is 0.0529 e. The lowest BCUT2D eigenvalue weighted by Crippen LogP contribution is -2.55. The largest absolute Gasteiger partial charge is 0.277 e. The van der Waals surface area contributed by atoms with Gasteiger partial charge in [0.15, 0.2) is 0 Å². The van der Waals surface area contributed by atoms with E-state index in [-0.39, 0.29) is 0 Å². The molecule has 0 aromatic carbocycles. The highest BCUT2D eigenvalue weighted by Crippen LogP contribution is 2.19. The van der Waals surface area contributed by atoms with Crippen molar-refractivity contribution < 1.29 is 0 Å². The Morgan fingerprint density at radius 1 is 0.167 bits per heavy atom. The van der Waals surface area contributed by atoms with Gasteiger partial charge in [0, 0.05) is 19.6 Å². The molecule has 0 spiro atoms. The van der Waals surface area contributed by atoms with Crippen LogP contribution in [0.4, 0.5) is 0 Å². The number of unbranched alkanes of at least 4 members (excludes halogenated alkanes) is 45. The molecule has 0 bridgehead atoms. The lowest BCUT2D eigenvalue weighted by atomic mass is 10.0. The summed E-state index contributed by atoms with van der Waals surface area (Å²) in [6.07, 6.45) is 70.0. The molecule has 0 aromatic rings. The van der Waals surface area contributed by atoms with Gasteiger partial charge in [0.05, 0.1) is 20.0 Å². The summed E-state index contributed by atoms with van der Waals surface area (Å²) in [5.74, 6) is 0. The Hall–Kier alpha value is -0.120. The van der Waals surface area contributed by atoms with Gasteiger partial charge in [0.1, 0.15) is 0 Å². The summed E-state index contributed by atoms with van der Waals surface area (Å²) >= 11 is 0. The zero-order chi connectivity index (χ0) is 42.9. The molecule has 0 atom stereocenters. The fourth-order valence-corrected chi connectivity index (χ4v) is 10.1. The molecule has 0 amide bonds. The zero-order valence-electron chi connectivity index (χ0n) is 42.5. The van der Waals surface area contributed by atoms with Gasteiger partial charge in [-0.3, -0.25) is 14.7 Å². The van der Waals surface area contributed by atoms with E-state index in [0.717, 1.165) is 0 Å². The Balaban J connectivity index is 2.18. The Kier molecular flexibility index (Phi) is 48.1. The topological polar surface area (TPSA) is 9.72 Å². The third-order valence-electron chi connectivity index (χ3n) is 14.2. The molecule has 0 radical (unpaired) electrons. The van der Waals surface area contributed by atoms with Crippen molar-refractivity contribution in [1.29, 1.82) is 0 Å². The van der Waals surface area contributed by atoms with Crippen LogP contribution in [0.3, 0.4) is 0 Å². The molecular weight excluding hydrogens is 727 g/mol. The molecule has 1 fully saturated rings. The lowest BCUT2D eigenvalue weighted by molar-refractivity contribution is -0.0312. The van der Waals surface area contributed by atoms with Crippen LogP contribution in [-0.2, 0) is 0 Å². The van der Waals surface area contributed by atoms with Crippen LogP contribution in [0.2, 0.25) is 0 Å². The zero-order valence-corrected chi connectivity index (χ0v) is 42.5. The summed E-state index contributed by atoms with van der Waals surface area (Å²) in [6, 6.07) is 0. The molecule has 3 nitrogen and oxygen atoms in total. The van der Waals surface area contributed by atoms with Crippen molar-refractivity contribution in [1.82, 2.24) is 14.7 Å². The predicted octanol–water partition coefficient (Wildman–Crippen LogP) is 19.6. The van der Waals surface area contributed by atoms with Crippen LogP contribution >= 0.6 is 0 Å². The molecule has 1 rings (SSSR count). The summed E-state index contributed by atoms with van der Waals surface area (Å²) in [7, 11) is 0. The molecule has 1 saturated heterocycles.